The van der Waals surface area contributed by atoms with E-state index in [9.17, 15) is 4.79 Å². The van der Waals surface area contributed by atoms with Gasteiger partial charge in [-0.05, 0) is 31.7 Å². The van der Waals surface area contributed by atoms with Gasteiger partial charge in [0, 0.05) is 6.42 Å². The molecule has 1 fully saturated rings. The number of nitrogens with one attached hydrogen (secondary N) is 1. The summed E-state index contributed by atoms with van der Waals surface area (Å²) in [4.78, 5) is 15.8. The van der Waals surface area contributed by atoms with Crippen LogP contribution in [0.25, 0.3) is 0 Å². The minimum Gasteiger partial charge on any atom is -0.481 e. The molecule has 4 heteroatoms. The van der Waals surface area contributed by atoms with Crippen LogP contribution in [0.2, 0.25) is 0 Å². The lowest BCUT2D eigenvalue weighted by Crippen LogP contribution is -2.41. The van der Waals surface area contributed by atoms with Crippen molar-refractivity contribution in [3.8, 4) is 0 Å². The lowest BCUT2D eigenvalue weighted by molar-refractivity contribution is -0.143. The first-order valence-corrected chi connectivity index (χ1v) is 7.23. The van der Waals surface area contributed by atoms with Crippen LogP contribution in [0.4, 0.5) is 0 Å². The van der Waals surface area contributed by atoms with Gasteiger partial charge in [0.15, 0.2) is 0 Å². The van der Waals surface area contributed by atoms with E-state index in [4.69, 9.17) is 10.1 Å². The fraction of sp³-hybridized carbons (Fsp3) is 0.500. The standard InChI is InChI=1S/C16H20N2O2/c1-10-3-2-4-11(7-10)8-15-17-13-6-5-12(16(19)20)9-14(13)18-15/h2-4,7,12-14H,5-6,8-9H2,1H3,(H,17,18)(H,19,20). The van der Waals surface area contributed by atoms with Gasteiger partial charge in [-0.2, -0.15) is 0 Å². The Kier molecular flexibility index (Phi) is 3.47. The average Bonchev–Trinajstić information content (AvgIpc) is 2.79. The van der Waals surface area contributed by atoms with Crippen molar-refractivity contribution >= 4 is 11.8 Å². The number of nitrogens with zero attached hydrogens (tertiary/aromatic N) is 1. The van der Waals surface area contributed by atoms with Crippen LogP contribution in [0.1, 0.15) is 30.4 Å². The fourth-order valence-electron chi connectivity index (χ4n) is 3.25. The Hall–Kier alpha value is -1.84. The molecule has 1 saturated carbocycles. The summed E-state index contributed by atoms with van der Waals surface area (Å²) in [5, 5.41) is 12.6. The van der Waals surface area contributed by atoms with Crippen LogP contribution in [0, 0.1) is 12.8 Å². The number of rotatable bonds is 3. The molecule has 4 nitrogen and oxygen atoms in total. The number of carboxylic acids is 1. The van der Waals surface area contributed by atoms with Crippen LogP contribution in [0.3, 0.4) is 0 Å². The molecule has 2 aliphatic rings. The second-order valence-electron chi connectivity index (χ2n) is 5.91. The summed E-state index contributed by atoms with van der Waals surface area (Å²) in [7, 11) is 0. The highest BCUT2D eigenvalue weighted by Crippen LogP contribution is 2.30. The number of hydrogen-bond acceptors (Lipinski definition) is 3. The molecule has 3 unspecified atom stereocenters. The van der Waals surface area contributed by atoms with Crippen molar-refractivity contribution in [3.05, 3.63) is 35.4 Å². The molecule has 0 saturated heterocycles. The van der Waals surface area contributed by atoms with Gasteiger partial charge in [-0.3, -0.25) is 9.79 Å². The molecular formula is C16H20N2O2. The zero-order valence-corrected chi connectivity index (χ0v) is 11.7. The summed E-state index contributed by atoms with van der Waals surface area (Å²) >= 11 is 0. The first-order valence-electron chi connectivity index (χ1n) is 7.23. The number of benzene rings is 1. The zero-order chi connectivity index (χ0) is 14.1. The van der Waals surface area contributed by atoms with Crippen LogP contribution >= 0.6 is 0 Å². The molecular weight excluding hydrogens is 252 g/mol. The van der Waals surface area contributed by atoms with Crippen LogP contribution in [-0.4, -0.2) is 29.0 Å². The highest BCUT2D eigenvalue weighted by atomic mass is 16.4. The van der Waals surface area contributed by atoms with E-state index < -0.39 is 5.97 Å². The molecule has 0 amide bonds. The Balaban J connectivity index is 1.65. The van der Waals surface area contributed by atoms with Crippen molar-refractivity contribution in [3.63, 3.8) is 0 Å². The normalized spacial score (nSPS) is 28.4. The quantitative estimate of drug-likeness (QED) is 0.886. The van der Waals surface area contributed by atoms with E-state index in [0.717, 1.165) is 25.1 Å². The number of amidine groups is 1. The number of carbonyl (C=O) groups is 1. The smallest absolute Gasteiger partial charge is 0.306 e. The van der Waals surface area contributed by atoms with Crippen molar-refractivity contribution in [2.24, 2.45) is 10.9 Å². The van der Waals surface area contributed by atoms with Crippen LogP contribution < -0.4 is 5.32 Å². The predicted molar refractivity (Wildman–Crippen MR) is 78.0 cm³/mol. The van der Waals surface area contributed by atoms with Crippen LogP contribution in [0.15, 0.2) is 29.3 Å². The first kappa shape index (κ1) is 13.2. The number of aliphatic imine (C=N–C) groups is 1. The van der Waals surface area contributed by atoms with Crippen molar-refractivity contribution in [1.29, 1.82) is 0 Å². The van der Waals surface area contributed by atoms with Crippen molar-refractivity contribution in [2.75, 3.05) is 0 Å². The van der Waals surface area contributed by atoms with Gasteiger partial charge in [-0.15, -0.1) is 0 Å². The Morgan fingerprint density at radius 3 is 3.05 bits per heavy atom. The Labute approximate surface area is 118 Å². The van der Waals surface area contributed by atoms with E-state index >= 15 is 0 Å². The minimum atomic E-state index is -0.669. The van der Waals surface area contributed by atoms with Gasteiger partial charge >= 0.3 is 5.97 Å². The number of aryl methyl sites for hydroxylation is 1. The van der Waals surface area contributed by atoms with Gasteiger partial charge in [0.1, 0.15) is 5.84 Å². The van der Waals surface area contributed by atoms with E-state index in [-0.39, 0.29) is 18.0 Å². The third-order valence-electron chi connectivity index (χ3n) is 4.29. The molecule has 3 atom stereocenters. The molecule has 1 aromatic rings. The Morgan fingerprint density at radius 1 is 1.45 bits per heavy atom. The van der Waals surface area contributed by atoms with Gasteiger partial charge in [0.25, 0.3) is 0 Å². The molecule has 1 aliphatic carbocycles. The van der Waals surface area contributed by atoms with Gasteiger partial charge in [-0.1, -0.05) is 29.8 Å². The third-order valence-corrected chi connectivity index (χ3v) is 4.29. The summed E-state index contributed by atoms with van der Waals surface area (Å²) in [5.41, 5.74) is 2.51. The number of aliphatic carboxylic acids is 1. The highest BCUT2D eigenvalue weighted by molar-refractivity contribution is 5.86. The second kappa shape index (κ2) is 5.27. The number of hydrogen-bond donors (Lipinski definition) is 2. The lowest BCUT2D eigenvalue weighted by atomic mass is 9.83. The molecule has 3 rings (SSSR count). The monoisotopic (exact) mass is 272 g/mol. The SMILES string of the molecule is Cc1cccc(CC2=NC3CCC(C(=O)O)CC3N2)c1. The van der Waals surface area contributed by atoms with Gasteiger partial charge < -0.3 is 10.4 Å². The molecule has 1 aromatic carbocycles. The molecule has 0 bridgehead atoms. The van der Waals surface area contributed by atoms with Crippen molar-refractivity contribution in [2.45, 2.75) is 44.7 Å². The third kappa shape index (κ3) is 2.69. The largest absolute Gasteiger partial charge is 0.481 e. The Bertz CT molecular complexity index is 553. The van der Waals surface area contributed by atoms with Crippen molar-refractivity contribution < 1.29 is 9.90 Å². The topological polar surface area (TPSA) is 61.7 Å². The maximum absolute atomic E-state index is 11.1. The van der Waals surface area contributed by atoms with Gasteiger partial charge in [-0.25, -0.2) is 0 Å². The zero-order valence-electron chi connectivity index (χ0n) is 11.7. The molecule has 0 aromatic heterocycles. The molecule has 2 N–H and O–H groups in total. The maximum atomic E-state index is 11.1. The highest BCUT2D eigenvalue weighted by Gasteiger charge is 2.37. The van der Waals surface area contributed by atoms with E-state index in [1.807, 2.05) is 0 Å². The van der Waals surface area contributed by atoms with E-state index in [1.54, 1.807) is 0 Å². The number of fused-ring (bicyclic) bond motifs is 1. The van der Waals surface area contributed by atoms with Crippen molar-refractivity contribution in [1.82, 2.24) is 5.32 Å². The lowest BCUT2D eigenvalue weighted by Gasteiger charge is -2.28. The molecule has 1 aliphatic heterocycles. The van der Waals surface area contributed by atoms with Crippen LogP contribution in [-0.2, 0) is 11.2 Å². The first-order chi connectivity index (χ1) is 9.61. The summed E-state index contributed by atoms with van der Waals surface area (Å²) in [6, 6.07) is 8.92. The Morgan fingerprint density at radius 2 is 2.30 bits per heavy atom. The fourth-order valence-corrected chi connectivity index (χ4v) is 3.25. The molecule has 0 radical (unpaired) electrons. The van der Waals surface area contributed by atoms with E-state index in [2.05, 4.69) is 36.5 Å². The van der Waals surface area contributed by atoms with Gasteiger partial charge in [0.05, 0.1) is 18.0 Å². The minimum absolute atomic E-state index is 0.211. The van der Waals surface area contributed by atoms with Gasteiger partial charge in [0.2, 0.25) is 0 Å². The molecule has 106 valence electrons. The van der Waals surface area contributed by atoms with E-state index in [0.29, 0.717) is 6.42 Å². The summed E-state index contributed by atoms with van der Waals surface area (Å²) in [6.45, 7) is 2.09. The number of carboxylic acid groups (broad SMARTS) is 1. The predicted octanol–water partition coefficient (Wildman–Crippen LogP) is 2.16. The maximum Gasteiger partial charge on any atom is 0.306 e. The summed E-state index contributed by atoms with van der Waals surface area (Å²) in [5.74, 6) is 0.131. The molecule has 20 heavy (non-hydrogen) atoms. The molecule has 0 spiro atoms. The summed E-state index contributed by atoms with van der Waals surface area (Å²) in [6.07, 6.45) is 3.14. The van der Waals surface area contributed by atoms with E-state index in [1.165, 1.54) is 11.1 Å². The second-order valence-corrected chi connectivity index (χ2v) is 5.91. The summed E-state index contributed by atoms with van der Waals surface area (Å²) < 4.78 is 0. The average molecular weight is 272 g/mol. The molecule has 1 heterocycles. The van der Waals surface area contributed by atoms with Crippen LogP contribution in [0.5, 0.6) is 0 Å².